The molecule has 1 fully saturated rings. The van der Waals surface area contributed by atoms with E-state index in [1.165, 1.54) is 12.1 Å². The Labute approximate surface area is 93.0 Å². The van der Waals surface area contributed by atoms with E-state index in [-0.39, 0.29) is 5.02 Å². The summed E-state index contributed by atoms with van der Waals surface area (Å²) < 4.78 is 13.3. The number of nitrogens with two attached hydrogens (primary N) is 1. The molecule has 0 atom stereocenters. The van der Waals surface area contributed by atoms with Crippen molar-refractivity contribution in [2.75, 3.05) is 36.8 Å². The standard InChI is InChI=1S/C10H13ClFN3/c11-7-5-9(13)10(6-8(7)12)15-3-1-14-2-4-15/h5-6,14H,1-4,13H2. The highest BCUT2D eigenvalue weighted by Gasteiger charge is 2.15. The van der Waals surface area contributed by atoms with Gasteiger partial charge in [-0.2, -0.15) is 0 Å². The van der Waals surface area contributed by atoms with Crippen molar-refractivity contribution in [1.82, 2.24) is 5.32 Å². The predicted molar refractivity (Wildman–Crippen MR) is 60.9 cm³/mol. The Morgan fingerprint density at radius 3 is 2.67 bits per heavy atom. The third-order valence-corrected chi connectivity index (χ3v) is 2.82. The molecule has 0 unspecified atom stereocenters. The fourth-order valence-corrected chi connectivity index (χ4v) is 1.90. The Hall–Kier alpha value is -1.00. The zero-order valence-corrected chi connectivity index (χ0v) is 9.02. The van der Waals surface area contributed by atoms with Gasteiger partial charge in [0.25, 0.3) is 0 Å². The highest BCUT2D eigenvalue weighted by Crippen LogP contribution is 2.29. The van der Waals surface area contributed by atoms with Crippen molar-refractivity contribution in [3.63, 3.8) is 0 Å². The number of halogens is 2. The van der Waals surface area contributed by atoms with Crippen LogP contribution in [0.5, 0.6) is 0 Å². The van der Waals surface area contributed by atoms with Gasteiger partial charge in [0.1, 0.15) is 5.82 Å². The molecule has 0 amide bonds. The quantitative estimate of drug-likeness (QED) is 0.717. The Morgan fingerprint density at radius 1 is 1.33 bits per heavy atom. The third-order valence-electron chi connectivity index (χ3n) is 2.53. The number of rotatable bonds is 1. The molecule has 0 saturated carbocycles. The summed E-state index contributed by atoms with van der Waals surface area (Å²) in [5.41, 5.74) is 7.07. The van der Waals surface area contributed by atoms with Crippen molar-refractivity contribution >= 4 is 23.0 Å². The molecule has 1 aliphatic rings. The summed E-state index contributed by atoms with van der Waals surface area (Å²) in [6.07, 6.45) is 0. The lowest BCUT2D eigenvalue weighted by molar-refractivity contribution is 0.585. The highest BCUT2D eigenvalue weighted by atomic mass is 35.5. The van der Waals surface area contributed by atoms with Crippen LogP contribution in [0.1, 0.15) is 0 Å². The van der Waals surface area contributed by atoms with E-state index in [0.717, 1.165) is 31.9 Å². The van der Waals surface area contributed by atoms with Crippen LogP contribution in [-0.2, 0) is 0 Å². The van der Waals surface area contributed by atoms with Gasteiger partial charge in [-0.3, -0.25) is 0 Å². The van der Waals surface area contributed by atoms with Gasteiger partial charge in [0.15, 0.2) is 0 Å². The molecule has 0 bridgehead atoms. The molecule has 0 aliphatic carbocycles. The zero-order chi connectivity index (χ0) is 10.8. The molecule has 15 heavy (non-hydrogen) atoms. The van der Waals surface area contributed by atoms with Crippen molar-refractivity contribution in [3.05, 3.63) is 23.0 Å². The maximum Gasteiger partial charge on any atom is 0.144 e. The first-order valence-corrected chi connectivity index (χ1v) is 5.26. The van der Waals surface area contributed by atoms with E-state index in [1.54, 1.807) is 0 Å². The average Bonchev–Trinajstić information content (AvgIpc) is 2.25. The summed E-state index contributed by atoms with van der Waals surface area (Å²) in [6, 6.07) is 2.87. The summed E-state index contributed by atoms with van der Waals surface area (Å²) in [6.45, 7) is 3.46. The number of nitrogens with one attached hydrogen (secondary N) is 1. The Kier molecular flexibility index (Phi) is 2.98. The van der Waals surface area contributed by atoms with Crippen LogP contribution in [0.25, 0.3) is 0 Å². The minimum absolute atomic E-state index is 0.0754. The molecular weight excluding hydrogens is 217 g/mol. The van der Waals surface area contributed by atoms with Crippen LogP contribution in [0.2, 0.25) is 5.02 Å². The number of piperazine rings is 1. The topological polar surface area (TPSA) is 41.3 Å². The van der Waals surface area contributed by atoms with Gasteiger partial charge >= 0.3 is 0 Å². The van der Waals surface area contributed by atoms with Gasteiger partial charge in [0.05, 0.1) is 16.4 Å². The molecule has 0 spiro atoms. The van der Waals surface area contributed by atoms with Crippen molar-refractivity contribution in [1.29, 1.82) is 0 Å². The van der Waals surface area contributed by atoms with Crippen LogP contribution in [0.15, 0.2) is 12.1 Å². The van der Waals surface area contributed by atoms with Crippen molar-refractivity contribution in [3.8, 4) is 0 Å². The smallest absolute Gasteiger partial charge is 0.144 e. The molecule has 1 aromatic rings. The Bertz CT molecular complexity index is 364. The summed E-state index contributed by atoms with van der Waals surface area (Å²) >= 11 is 5.64. The number of nitrogens with zero attached hydrogens (tertiary/aromatic N) is 1. The van der Waals surface area contributed by atoms with Gasteiger partial charge < -0.3 is 16.0 Å². The van der Waals surface area contributed by atoms with Crippen LogP contribution in [0.3, 0.4) is 0 Å². The largest absolute Gasteiger partial charge is 0.397 e. The van der Waals surface area contributed by atoms with Crippen LogP contribution in [0.4, 0.5) is 15.8 Å². The number of nitrogen functional groups attached to an aromatic ring is 1. The molecule has 3 nitrogen and oxygen atoms in total. The third kappa shape index (κ3) is 2.16. The van der Waals surface area contributed by atoms with Gasteiger partial charge in [0.2, 0.25) is 0 Å². The van der Waals surface area contributed by atoms with Crippen LogP contribution in [0, 0.1) is 5.82 Å². The predicted octanol–water partition coefficient (Wildman–Crippen LogP) is 1.47. The molecule has 1 aliphatic heterocycles. The Morgan fingerprint density at radius 2 is 2.00 bits per heavy atom. The lowest BCUT2D eigenvalue weighted by Crippen LogP contribution is -2.43. The maximum absolute atomic E-state index is 13.3. The monoisotopic (exact) mass is 229 g/mol. The minimum atomic E-state index is -0.417. The minimum Gasteiger partial charge on any atom is -0.397 e. The van der Waals surface area contributed by atoms with Crippen molar-refractivity contribution in [2.45, 2.75) is 0 Å². The molecule has 1 heterocycles. The van der Waals surface area contributed by atoms with E-state index in [0.29, 0.717) is 5.69 Å². The summed E-state index contributed by atoms with van der Waals surface area (Å²) in [7, 11) is 0. The van der Waals surface area contributed by atoms with E-state index in [9.17, 15) is 4.39 Å². The van der Waals surface area contributed by atoms with Gasteiger partial charge in [-0.15, -0.1) is 0 Å². The first-order valence-electron chi connectivity index (χ1n) is 4.88. The first-order chi connectivity index (χ1) is 7.18. The van der Waals surface area contributed by atoms with Gasteiger partial charge in [-0.05, 0) is 6.07 Å². The second-order valence-electron chi connectivity index (χ2n) is 3.56. The Balaban J connectivity index is 2.30. The van der Waals surface area contributed by atoms with E-state index < -0.39 is 5.82 Å². The molecule has 82 valence electrons. The summed E-state index contributed by atoms with van der Waals surface area (Å²) in [5, 5.41) is 3.30. The van der Waals surface area contributed by atoms with E-state index in [1.807, 2.05) is 0 Å². The summed E-state index contributed by atoms with van der Waals surface area (Å²) in [4.78, 5) is 2.06. The molecule has 0 aromatic heterocycles. The zero-order valence-electron chi connectivity index (χ0n) is 8.26. The molecular formula is C10H13ClFN3. The number of hydrogen-bond donors (Lipinski definition) is 2. The lowest BCUT2D eigenvalue weighted by Gasteiger charge is -2.30. The fourth-order valence-electron chi connectivity index (χ4n) is 1.73. The highest BCUT2D eigenvalue weighted by molar-refractivity contribution is 6.31. The van der Waals surface area contributed by atoms with Gasteiger partial charge in [0, 0.05) is 32.2 Å². The fraction of sp³-hybridized carbons (Fsp3) is 0.400. The van der Waals surface area contributed by atoms with Crippen molar-refractivity contribution < 1.29 is 4.39 Å². The van der Waals surface area contributed by atoms with Crippen LogP contribution >= 0.6 is 11.6 Å². The summed E-state index contributed by atoms with van der Waals surface area (Å²) in [5.74, 6) is -0.417. The first kappa shape index (κ1) is 10.5. The SMILES string of the molecule is Nc1cc(Cl)c(F)cc1N1CCNCC1. The molecule has 5 heteroatoms. The molecule has 1 saturated heterocycles. The van der Waals surface area contributed by atoms with Crippen molar-refractivity contribution in [2.24, 2.45) is 0 Å². The molecule has 2 rings (SSSR count). The van der Waals surface area contributed by atoms with E-state index in [2.05, 4.69) is 10.2 Å². The normalized spacial score (nSPS) is 16.8. The van der Waals surface area contributed by atoms with E-state index >= 15 is 0 Å². The van der Waals surface area contributed by atoms with Gasteiger partial charge in [-0.25, -0.2) is 4.39 Å². The second kappa shape index (κ2) is 4.24. The van der Waals surface area contributed by atoms with Gasteiger partial charge in [-0.1, -0.05) is 11.6 Å². The molecule has 3 N–H and O–H groups in total. The number of benzene rings is 1. The lowest BCUT2D eigenvalue weighted by atomic mass is 10.2. The maximum atomic E-state index is 13.3. The van der Waals surface area contributed by atoms with E-state index in [4.69, 9.17) is 17.3 Å². The molecule has 1 aromatic carbocycles. The average molecular weight is 230 g/mol. The molecule has 0 radical (unpaired) electrons. The van der Waals surface area contributed by atoms with Crippen LogP contribution in [-0.4, -0.2) is 26.2 Å². The van der Waals surface area contributed by atoms with Crippen LogP contribution < -0.4 is 16.0 Å². The number of hydrogen-bond acceptors (Lipinski definition) is 3. The number of anilines is 2. The second-order valence-corrected chi connectivity index (χ2v) is 3.97.